The number of halogens is 2. The number of nitrogens with one attached hydrogen (secondary N) is 1. The summed E-state index contributed by atoms with van der Waals surface area (Å²) in [5.41, 5.74) is 9.40. The van der Waals surface area contributed by atoms with Gasteiger partial charge >= 0.3 is 0 Å². The molecule has 4 aliphatic rings. The van der Waals surface area contributed by atoms with Crippen molar-refractivity contribution in [1.82, 2.24) is 14.6 Å². The second kappa shape index (κ2) is 7.97. The van der Waals surface area contributed by atoms with E-state index in [9.17, 15) is 4.79 Å². The van der Waals surface area contributed by atoms with Gasteiger partial charge < -0.3 is 5.73 Å². The summed E-state index contributed by atoms with van der Waals surface area (Å²) in [7, 11) is 0. The van der Waals surface area contributed by atoms with Crippen molar-refractivity contribution >= 4 is 40.7 Å². The third-order valence-electron chi connectivity index (χ3n) is 8.02. The van der Waals surface area contributed by atoms with Gasteiger partial charge in [0.25, 0.3) is 0 Å². The van der Waals surface area contributed by atoms with Crippen molar-refractivity contribution in [2.75, 3.05) is 5.32 Å². The first kappa shape index (κ1) is 21.4. The van der Waals surface area contributed by atoms with Crippen LogP contribution in [0.25, 0.3) is 16.8 Å². The van der Waals surface area contributed by atoms with E-state index < -0.39 is 0 Å². The monoisotopic (exact) mass is 483 g/mol. The fourth-order valence-electron chi connectivity index (χ4n) is 7.20. The zero-order valence-electron chi connectivity index (χ0n) is 18.4. The van der Waals surface area contributed by atoms with Crippen molar-refractivity contribution in [3.8, 4) is 11.1 Å². The molecule has 0 atom stereocenters. The molecular formula is C25H27Cl2N5O. The Hall–Kier alpha value is -2.15. The highest BCUT2D eigenvalue weighted by Gasteiger charge is 2.51. The normalized spacial score (nSPS) is 27.9. The number of hydrogen-bond donors (Lipinski definition) is 2. The quantitative estimate of drug-likeness (QED) is 0.486. The molecule has 0 unspecified atom stereocenters. The lowest BCUT2D eigenvalue weighted by molar-refractivity contribution is -0.124. The van der Waals surface area contributed by atoms with E-state index in [2.05, 4.69) is 15.5 Å². The fourth-order valence-corrected chi connectivity index (χ4v) is 7.71. The van der Waals surface area contributed by atoms with Crippen molar-refractivity contribution in [3.05, 3.63) is 46.1 Å². The van der Waals surface area contributed by atoms with Crippen LogP contribution in [-0.2, 0) is 11.3 Å². The number of carbonyl (C=O) groups excluding carboxylic acids is 1. The number of nitrogens with two attached hydrogens (primary N) is 1. The number of anilines is 1. The first-order valence-electron chi connectivity index (χ1n) is 11.7. The SMILES string of the molecule is NCc1cc2nnc(NC(=O)CC34CC5CC(CC(C5)C3)C4)n2cc1-c1ccc(Cl)cc1Cl. The minimum absolute atomic E-state index is 0.0280. The minimum atomic E-state index is 0.0280. The molecule has 0 saturated heterocycles. The maximum Gasteiger partial charge on any atom is 0.235 e. The van der Waals surface area contributed by atoms with E-state index in [4.69, 9.17) is 28.9 Å². The maximum absolute atomic E-state index is 13.2. The Labute approximate surface area is 202 Å². The number of rotatable bonds is 5. The predicted molar refractivity (Wildman–Crippen MR) is 130 cm³/mol. The molecule has 8 heteroatoms. The van der Waals surface area contributed by atoms with Crippen LogP contribution >= 0.6 is 23.2 Å². The Bertz CT molecular complexity index is 1220. The lowest BCUT2D eigenvalue weighted by Gasteiger charge is -2.56. The van der Waals surface area contributed by atoms with Gasteiger partial charge in [0.1, 0.15) is 0 Å². The largest absolute Gasteiger partial charge is 0.326 e. The first-order valence-corrected chi connectivity index (χ1v) is 12.5. The van der Waals surface area contributed by atoms with E-state index in [-0.39, 0.29) is 11.3 Å². The summed E-state index contributed by atoms with van der Waals surface area (Å²) in [5.74, 6) is 2.91. The molecule has 2 aromatic heterocycles. The van der Waals surface area contributed by atoms with E-state index in [1.54, 1.807) is 16.5 Å². The average molecular weight is 484 g/mol. The van der Waals surface area contributed by atoms with Gasteiger partial charge in [-0.2, -0.15) is 0 Å². The molecule has 2 heterocycles. The van der Waals surface area contributed by atoms with Crippen molar-refractivity contribution in [1.29, 1.82) is 0 Å². The molecule has 0 aliphatic heterocycles. The van der Waals surface area contributed by atoms with E-state index in [1.807, 2.05) is 18.3 Å². The molecule has 4 aliphatic carbocycles. The number of aromatic nitrogens is 3. The molecule has 1 amide bonds. The van der Waals surface area contributed by atoms with Crippen LogP contribution in [0.2, 0.25) is 10.0 Å². The van der Waals surface area contributed by atoms with Crippen LogP contribution < -0.4 is 11.1 Å². The topological polar surface area (TPSA) is 85.3 Å². The lowest BCUT2D eigenvalue weighted by atomic mass is 9.49. The second-order valence-electron chi connectivity index (χ2n) is 10.4. The molecule has 1 aromatic carbocycles. The molecule has 0 spiro atoms. The van der Waals surface area contributed by atoms with Crippen LogP contribution in [0, 0.1) is 23.2 Å². The Morgan fingerprint density at radius 1 is 1.06 bits per heavy atom. The van der Waals surface area contributed by atoms with Crippen molar-refractivity contribution in [3.63, 3.8) is 0 Å². The Kier molecular flexibility index (Phi) is 5.16. The highest BCUT2D eigenvalue weighted by atomic mass is 35.5. The summed E-state index contributed by atoms with van der Waals surface area (Å²) in [4.78, 5) is 13.2. The van der Waals surface area contributed by atoms with Crippen LogP contribution in [0.5, 0.6) is 0 Å². The number of amides is 1. The molecule has 7 rings (SSSR count). The van der Waals surface area contributed by atoms with Crippen LogP contribution in [0.1, 0.15) is 50.5 Å². The molecule has 4 bridgehead atoms. The van der Waals surface area contributed by atoms with E-state index in [1.165, 1.54) is 38.5 Å². The maximum atomic E-state index is 13.2. The zero-order chi connectivity index (χ0) is 22.7. The fraction of sp³-hybridized carbons (Fsp3) is 0.480. The van der Waals surface area contributed by atoms with Gasteiger partial charge in [-0.3, -0.25) is 14.5 Å². The van der Waals surface area contributed by atoms with Gasteiger partial charge in [-0.15, -0.1) is 10.2 Å². The molecule has 172 valence electrons. The summed E-state index contributed by atoms with van der Waals surface area (Å²) < 4.78 is 1.80. The standard InChI is InChI=1S/C25H27Cl2N5O/c26-18-1-2-19(21(27)7-18)20-13-32-22(6-17(20)12-28)30-31-24(32)29-23(33)11-25-8-14-3-15(9-25)5-16(4-14)10-25/h1-2,6-7,13-16H,3-5,8-12,28H2,(H,29,31,33). The molecular weight excluding hydrogens is 457 g/mol. The number of pyridine rings is 1. The molecule has 0 radical (unpaired) electrons. The van der Waals surface area contributed by atoms with Gasteiger partial charge in [-0.1, -0.05) is 29.3 Å². The van der Waals surface area contributed by atoms with Gasteiger partial charge in [-0.05, 0) is 85.5 Å². The highest BCUT2D eigenvalue weighted by Crippen LogP contribution is 2.61. The van der Waals surface area contributed by atoms with E-state index in [0.717, 1.165) is 34.4 Å². The number of carbonyl (C=O) groups is 1. The molecule has 3 N–H and O–H groups in total. The molecule has 6 nitrogen and oxygen atoms in total. The average Bonchev–Trinajstić information content (AvgIpc) is 3.13. The molecule has 4 saturated carbocycles. The first-order chi connectivity index (χ1) is 15.9. The zero-order valence-corrected chi connectivity index (χ0v) is 19.9. The lowest BCUT2D eigenvalue weighted by Crippen LogP contribution is -2.47. The minimum Gasteiger partial charge on any atom is -0.326 e. The van der Waals surface area contributed by atoms with Gasteiger partial charge in [0.15, 0.2) is 5.65 Å². The van der Waals surface area contributed by atoms with Crippen LogP contribution in [0.15, 0.2) is 30.5 Å². The van der Waals surface area contributed by atoms with Crippen molar-refractivity contribution in [2.24, 2.45) is 28.9 Å². The van der Waals surface area contributed by atoms with Crippen LogP contribution in [0.3, 0.4) is 0 Å². The van der Waals surface area contributed by atoms with Gasteiger partial charge in [-0.25, -0.2) is 0 Å². The Balaban J connectivity index is 1.29. The Morgan fingerprint density at radius 2 is 1.76 bits per heavy atom. The second-order valence-corrected chi connectivity index (χ2v) is 11.3. The van der Waals surface area contributed by atoms with Gasteiger partial charge in [0.2, 0.25) is 11.9 Å². The number of hydrogen-bond acceptors (Lipinski definition) is 4. The summed E-state index contributed by atoms with van der Waals surface area (Å²) in [6.45, 7) is 0.325. The highest BCUT2D eigenvalue weighted by molar-refractivity contribution is 6.36. The molecule has 3 aromatic rings. The Morgan fingerprint density at radius 3 is 2.39 bits per heavy atom. The summed E-state index contributed by atoms with van der Waals surface area (Å²) in [6.07, 6.45) is 10.2. The third kappa shape index (κ3) is 3.82. The number of nitrogens with zero attached hydrogens (tertiary/aromatic N) is 3. The van der Waals surface area contributed by atoms with Crippen molar-refractivity contribution in [2.45, 2.75) is 51.5 Å². The summed E-state index contributed by atoms with van der Waals surface area (Å²) >= 11 is 12.6. The summed E-state index contributed by atoms with van der Waals surface area (Å²) in [5, 5.41) is 12.7. The number of benzene rings is 1. The van der Waals surface area contributed by atoms with Crippen LogP contribution in [0.4, 0.5) is 5.95 Å². The van der Waals surface area contributed by atoms with Crippen molar-refractivity contribution < 1.29 is 4.79 Å². The molecule has 4 fully saturated rings. The number of fused-ring (bicyclic) bond motifs is 1. The predicted octanol–water partition coefficient (Wildman–Crippen LogP) is 5.71. The van der Waals surface area contributed by atoms with E-state index in [0.29, 0.717) is 34.6 Å². The van der Waals surface area contributed by atoms with Gasteiger partial charge in [0, 0.05) is 40.3 Å². The van der Waals surface area contributed by atoms with Crippen LogP contribution in [-0.4, -0.2) is 20.5 Å². The van der Waals surface area contributed by atoms with E-state index >= 15 is 0 Å². The molecule has 33 heavy (non-hydrogen) atoms. The summed E-state index contributed by atoms with van der Waals surface area (Å²) in [6, 6.07) is 7.28. The third-order valence-corrected chi connectivity index (χ3v) is 8.57. The van der Waals surface area contributed by atoms with Gasteiger partial charge in [0.05, 0.1) is 0 Å². The smallest absolute Gasteiger partial charge is 0.235 e.